The molecular formula is C23H28ClFN2O2. The Labute approximate surface area is 177 Å². The van der Waals surface area contributed by atoms with Gasteiger partial charge in [0.1, 0.15) is 11.9 Å². The number of benzene rings is 2. The van der Waals surface area contributed by atoms with Gasteiger partial charge < -0.3 is 10.2 Å². The monoisotopic (exact) mass is 418 g/mol. The highest BCUT2D eigenvalue weighted by atomic mass is 35.5. The maximum Gasteiger partial charge on any atom is 0.242 e. The summed E-state index contributed by atoms with van der Waals surface area (Å²) in [6.07, 6.45) is 1.51. The highest BCUT2D eigenvalue weighted by Gasteiger charge is 2.26. The van der Waals surface area contributed by atoms with Crippen molar-refractivity contribution < 1.29 is 14.0 Å². The van der Waals surface area contributed by atoms with Crippen molar-refractivity contribution in [3.8, 4) is 0 Å². The zero-order chi connectivity index (χ0) is 21.4. The minimum Gasteiger partial charge on any atom is -0.352 e. The van der Waals surface area contributed by atoms with E-state index in [1.165, 1.54) is 12.1 Å². The zero-order valence-corrected chi connectivity index (χ0v) is 17.9. The molecule has 0 heterocycles. The van der Waals surface area contributed by atoms with Gasteiger partial charge in [-0.2, -0.15) is 0 Å². The average molecular weight is 419 g/mol. The van der Waals surface area contributed by atoms with Crippen LogP contribution in [0, 0.1) is 5.82 Å². The lowest BCUT2D eigenvalue weighted by Crippen LogP contribution is -2.49. The molecule has 0 spiro atoms. The van der Waals surface area contributed by atoms with Crippen LogP contribution in [-0.2, 0) is 22.6 Å². The van der Waals surface area contributed by atoms with Crippen LogP contribution in [0.15, 0.2) is 48.5 Å². The van der Waals surface area contributed by atoms with Gasteiger partial charge in [-0.15, -0.1) is 0 Å². The Hall–Kier alpha value is -2.40. The van der Waals surface area contributed by atoms with Crippen LogP contribution in [-0.4, -0.2) is 28.8 Å². The highest BCUT2D eigenvalue weighted by Crippen LogP contribution is 2.18. The number of halogens is 2. The molecule has 2 aromatic carbocycles. The van der Waals surface area contributed by atoms with Crippen LogP contribution in [0.5, 0.6) is 0 Å². The maximum absolute atomic E-state index is 13.2. The first-order chi connectivity index (χ1) is 13.8. The normalized spacial score (nSPS) is 12.9. The molecule has 0 aliphatic heterocycles. The van der Waals surface area contributed by atoms with Crippen molar-refractivity contribution in [3.05, 3.63) is 70.5 Å². The molecule has 0 unspecified atom stereocenters. The van der Waals surface area contributed by atoms with E-state index in [1.807, 2.05) is 32.0 Å². The number of carbonyl (C=O) groups is 2. The highest BCUT2D eigenvalue weighted by molar-refractivity contribution is 6.31. The van der Waals surface area contributed by atoms with Crippen molar-refractivity contribution in [2.24, 2.45) is 0 Å². The van der Waals surface area contributed by atoms with E-state index in [2.05, 4.69) is 5.32 Å². The first-order valence-corrected chi connectivity index (χ1v) is 10.3. The summed E-state index contributed by atoms with van der Waals surface area (Å²) in [7, 11) is 0. The summed E-state index contributed by atoms with van der Waals surface area (Å²) < 4.78 is 13.2. The molecular weight excluding hydrogens is 391 g/mol. The molecule has 6 heteroatoms. The topological polar surface area (TPSA) is 49.4 Å². The average Bonchev–Trinajstić information content (AvgIpc) is 2.71. The SMILES string of the molecule is CC[C@H](C)NC(=O)[C@H](C)N(Cc1ccc(F)cc1)C(=O)CCc1ccccc1Cl. The van der Waals surface area contributed by atoms with E-state index in [9.17, 15) is 14.0 Å². The lowest BCUT2D eigenvalue weighted by molar-refractivity contribution is -0.140. The maximum atomic E-state index is 13.2. The molecule has 0 aromatic heterocycles. The van der Waals surface area contributed by atoms with Gasteiger partial charge in [0.2, 0.25) is 11.8 Å². The molecule has 0 bridgehead atoms. The van der Waals surface area contributed by atoms with E-state index in [1.54, 1.807) is 30.0 Å². The molecule has 4 nitrogen and oxygen atoms in total. The summed E-state index contributed by atoms with van der Waals surface area (Å²) in [5.41, 5.74) is 1.65. The van der Waals surface area contributed by atoms with Crippen LogP contribution < -0.4 is 5.32 Å². The van der Waals surface area contributed by atoms with Gasteiger partial charge in [0, 0.05) is 24.0 Å². The molecule has 0 aliphatic carbocycles. The van der Waals surface area contributed by atoms with Crippen LogP contribution in [0.4, 0.5) is 4.39 Å². The minimum atomic E-state index is -0.646. The quantitative estimate of drug-likeness (QED) is 0.639. The number of aryl methyl sites for hydroxylation is 1. The molecule has 156 valence electrons. The molecule has 0 fully saturated rings. The number of nitrogens with zero attached hydrogens (tertiary/aromatic N) is 1. The van der Waals surface area contributed by atoms with Crippen molar-refractivity contribution in [1.82, 2.24) is 10.2 Å². The van der Waals surface area contributed by atoms with E-state index < -0.39 is 6.04 Å². The first-order valence-electron chi connectivity index (χ1n) is 9.89. The van der Waals surface area contributed by atoms with Crippen LogP contribution in [0.2, 0.25) is 5.02 Å². The fraction of sp³-hybridized carbons (Fsp3) is 0.391. The van der Waals surface area contributed by atoms with Crippen molar-refractivity contribution in [2.75, 3.05) is 0 Å². The van der Waals surface area contributed by atoms with E-state index in [-0.39, 0.29) is 36.6 Å². The standard InChI is InChI=1S/C23H28ClFN2O2/c1-4-16(2)26-23(29)17(3)27(15-18-9-12-20(25)13-10-18)22(28)14-11-19-7-5-6-8-21(19)24/h5-10,12-13,16-17H,4,11,14-15H2,1-3H3,(H,26,29)/t16-,17-/m0/s1. The number of nitrogens with one attached hydrogen (secondary N) is 1. The van der Waals surface area contributed by atoms with Crippen molar-refractivity contribution in [3.63, 3.8) is 0 Å². The number of hydrogen-bond donors (Lipinski definition) is 1. The van der Waals surface area contributed by atoms with Crippen LogP contribution in [0.1, 0.15) is 44.7 Å². The summed E-state index contributed by atoms with van der Waals surface area (Å²) in [6.45, 7) is 5.86. The van der Waals surface area contributed by atoms with E-state index in [4.69, 9.17) is 11.6 Å². The summed E-state index contributed by atoms with van der Waals surface area (Å²) >= 11 is 6.19. The number of rotatable bonds is 9. The van der Waals surface area contributed by atoms with Crippen LogP contribution in [0.25, 0.3) is 0 Å². The lowest BCUT2D eigenvalue weighted by Gasteiger charge is -2.30. The van der Waals surface area contributed by atoms with Gasteiger partial charge in [0.25, 0.3) is 0 Å². The second-order valence-corrected chi connectivity index (χ2v) is 7.64. The van der Waals surface area contributed by atoms with E-state index in [0.29, 0.717) is 11.4 Å². The Kier molecular flexibility index (Phi) is 8.65. The second kappa shape index (κ2) is 11.0. The molecule has 2 aromatic rings. The van der Waals surface area contributed by atoms with Crippen molar-refractivity contribution in [2.45, 2.75) is 58.7 Å². The van der Waals surface area contributed by atoms with Gasteiger partial charge in [-0.1, -0.05) is 48.9 Å². The Morgan fingerprint density at radius 1 is 1.10 bits per heavy atom. The molecule has 29 heavy (non-hydrogen) atoms. The molecule has 0 aliphatic rings. The van der Waals surface area contributed by atoms with Crippen molar-refractivity contribution in [1.29, 1.82) is 0 Å². The molecule has 2 atom stereocenters. The summed E-state index contributed by atoms with van der Waals surface area (Å²) in [5.74, 6) is -0.693. The predicted octanol–water partition coefficient (Wildman–Crippen LogP) is 4.74. The summed E-state index contributed by atoms with van der Waals surface area (Å²) in [6, 6.07) is 12.7. The van der Waals surface area contributed by atoms with E-state index in [0.717, 1.165) is 17.5 Å². The van der Waals surface area contributed by atoms with Gasteiger partial charge in [-0.25, -0.2) is 4.39 Å². The van der Waals surface area contributed by atoms with Gasteiger partial charge in [-0.3, -0.25) is 9.59 Å². The smallest absolute Gasteiger partial charge is 0.242 e. The van der Waals surface area contributed by atoms with Crippen molar-refractivity contribution >= 4 is 23.4 Å². The molecule has 2 rings (SSSR count). The third-order valence-corrected chi connectivity index (χ3v) is 5.37. The van der Waals surface area contributed by atoms with Crippen LogP contribution in [0.3, 0.4) is 0 Å². The Morgan fingerprint density at radius 2 is 1.76 bits per heavy atom. The third-order valence-electron chi connectivity index (χ3n) is 5.00. The molecule has 1 N–H and O–H groups in total. The minimum absolute atomic E-state index is 0.0239. The molecule has 0 radical (unpaired) electrons. The fourth-order valence-electron chi connectivity index (χ4n) is 2.92. The molecule has 0 saturated heterocycles. The number of hydrogen-bond acceptors (Lipinski definition) is 2. The number of amides is 2. The van der Waals surface area contributed by atoms with E-state index >= 15 is 0 Å². The zero-order valence-electron chi connectivity index (χ0n) is 17.1. The van der Waals surface area contributed by atoms with Crippen LogP contribution >= 0.6 is 11.6 Å². The Balaban J connectivity index is 2.15. The molecule has 0 saturated carbocycles. The Bertz CT molecular complexity index is 826. The van der Waals surface area contributed by atoms with Gasteiger partial charge >= 0.3 is 0 Å². The van der Waals surface area contributed by atoms with Gasteiger partial charge in [-0.05, 0) is 56.0 Å². The summed E-state index contributed by atoms with van der Waals surface area (Å²) in [5, 5.41) is 3.55. The molecule has 2 amide bonds. The number of carbonyl (C=O) groups excluding carboxylic acids is 2. The summed E-state index contributed by atoms with van der Waals surface area (Å²) in [4.78, 5) is 27.2. The second-order valence-electron chi connectivity index (χ2n) is 7.23. The van der Waals surface area contributed by atoms with Gasteiger partial charge in [0.15, 0.2) is 0 Å². The Morgan fingerprint density at radius 3 is 2.38 bits per heavy atom. The van der Waals surface area contributed by atoms with Gasteiger partial charge in [0.05, 0.1) is 0 Å². The predicted molar refractivity (Wildman–Crippen MR) is 114 cm³/mol. The largest absolute Gasteiger partial charge is 0.352 e. The first kappa shape index (κ1) is 22.9. The third kappa shape index (κ3) is 6.86. The fourth-order valence-corrected chi connectivity index (χ4v) is 3.15. The lowest BCUT2D eigenvalue weighted by atomic mass is 10.1.